The fraction of sp³-hybridized carbons (Fsp3) is 0.267. The molecule has 0 saturated heterocycles. The van der Waals surface area contributed by atoms with Crippen LogP contribution in [-0.4, -0.2) is 17.9 Å². The Balaban J connectivity index is 1.35. The van der Waals surface area contributed by atoms with Crippen LogP contribution >= 0.6 is 11.6 Å². The lowest BCUT2D eigenvalue weighted by Crippen LogP contribution is -2.41. The number of fused-ring (bicyclic) bond motifs is 1. The van der Waals surface area contributed by atoms with Crippen LogP contribution in [-0.2, 0) is 11.3 Å². The van der Waals surface area contributed by atoms with Gasteiger partial charge in [-0.1, -0.05) is 67.8 Å². The van der Waals surface area contributed by atoms with E-state index in [1.807, 2.05) is 60.7 Å². The van der Waals surface area contributed by atoms with Crippen LogP contribution in [0.1, 0.15) is 54.1 Å². The molecule has 1 N–H and O–H groups in total. The van der Waals surface area contributed by atoms with Crippen LogP contribution < -0.4 is 15.0 Å². The van der Waals surface area contributed by atoms with Gasteiger partial charge in [0, 0.05) is 16.6 Å². The zero-order valence-corrected chi connectivity index (χ0v) is 21.0. The molecule has 1 fully saturated rings. The molecule has 36 heavy (non-hydrogen) atoms. The lowest BCUT2D eigenvalue weighted by molar-refractivity contribution is -0.117. The highest BCUT2D eigenvalue weighted by Crippen LogP contribution is 2.36. The first-order valence-corrected chi connectivity index (χ1v) is 12.8. The van der Waals surface area contributed by atoms with Crippen LogP contribution in [0.3, 0.4) is 0 Å². The van der Waals surface area contributed by atoms with Gasteiger partial charge in [0.05, 0.1) is 12.2 Å². The van der Waals surface area contributed by atoms with E-state index in [-0.39, 0.29) is 23.6 Å². The molecule has 0 aromatic heterocycles. The summed E-state index contributed by atoms with van der Waals surface area (Å²) in [6.07, 6.45) is 6.31. The third-order valence-corrected chi connectivity index (χ3v) is 7.24. The molecule has 2 amide bonds. The Morgan fingerprint density at radius 1 is 1.03 bits per heavy atom. The molecule has 5 nitrogen and oxygen atoms in total. The molecule has 5 rings (SSSR count). The normalized spacial score (nSPS) is 20.6. The van der Waals surface area contributed by atoms with Crippen molar-refractivity contribution in [1.29, 1.82) is 0 Å². The maximum Gasteiger partial charge on any atom is 0.294 e. The summed E-state index contributed by atoms with van der Waals surface area (Å²) in [6, 6.07) is 22.4. The smallest absolute Gasteiger partial charge is 0.294 e. The Hall–Kier alpha value is -3.57. The van der Waals surface area contributed by atoms with E-state index in [4.69, 9.17) is 16.3 Å². The van der Waals surface area contributed by atoms with Crippen molar-refractivity contribution in [3.8, 4) is 5.75 Å². The number of rotatable bonds is 5. The number of ether oxygens (including phenoxy) is 1. The van der Waals surface area contributed by atoms with Gasteiger partial charge >= 0.3 is 0 Å². The lowest BCUT2D eigenvalue weighted by Gasteiger charge is -2.30. The highest BCUT2D eigenvalue weighted by atomic mass is 35.5. The second kappa shape index (κ2) is 10.6. The molecular formula is C30H29ClN2O3. The number of anilines is 1. The molecule has 3 aromatic rings. The van der Waals surface area contributed by atoms with Gasteiger partial charge in [-0.05, 0) is 72.4 Å². The van der Waals surface area contributed by atoms with Crippen LogP contribution in [0.15, 0.2) is 78.6 Å². The summed E-state index contributed by atoms with van der Waals surface area (Å²) in [5, 5.41) is 3.84. The zero-order valence-electron chi connectivity index (χ0n) is 20.2. The molecule has 1 saturated carbocycles. The standard InChI is InChI=1S/C30H29ClN2O3/c1-20-6-2-3-7-25(20)32-29(34)23-14-10-21(11-15-23)18-28-30(35)33(19-22-12-16-24(31)17-13-22)26-8-4-5-9-27(26)36-28/h4-5,8-18,20,25H,2-3,6-7,19H2,1H3,(H,32,34)/b28-18-/t20-,25-/m1/s1. The van der Waals surface area contributed by atoms with E-state index in [0.717, 1.165) is 36.1 Å². The number of carbonyl (C=O) groups is 2. The highest BCUT2D eigenvalue weighted by molar-refractivity contribution is 6.30. The number of para-hydroxylation sites is 2. The molecule has 184 valence electrons. The summed E-state index contributed by atoms with van der Waals surface area (Å²) in [6.45, 7) is 2.60. The number of amides is 2. The fourth-order valence-corrected chi connectivity index (χ4v) is 4.98. The average molecular weight is 501 g/mol. The molecule has 2 atom stereocenters. The third-order valence-electron chi connectivity index (χ3n) is 6.98. The van der Waals surface area contributed by atoms with E-state index in [1.54, 1.807) is 23.1 Å². The van der Waals surface area contributed by atoms with Crippen LogP contribution in [0, 0.1) is 5.92 Å². The molecule has 6 heteroatoms. The Morgan fingerprint density at radius 3 is 2.50 bits per heavy atom. The van der Waals surface area contributed by atoms with E-state index in [0.29, 0.717) is 28.8 Å². The van der Waals surface area contributed by atoms with Gasteiger partial charge in [0.25, 0.3) is 11.8 Å². The molecule has 0 radical (unpaired) electrons. The van der Waals surface area contributed by atoms with E-state index in [2.05, 4.69) is 12.2 Å². The Morgan fingerprint density at radius 2 is 1.75 bits per heavy atom. The Bertz CT molecular complexity index is 1280. The maximum atomic E-state index is 13.4. The van der Waals surface area contributed by atoms with Gasteiger partial charge in [0.15, 0.2) is 11.5 Å². The summed E-state index contributed by atoms with van der Waals surface area (Å²) in [4.78, 5) is 27.9. The first kappa shape index (κ1) is 24.1. The molecule has 1 aliphatic heterocycles. The van der Waals surface area contributed by atoms with Gasteiger partial charge < -0.3 is 10.1 Å². The molecule has 1 aliphatic carbocycles. The zero-order chi connectivity index (χ0) is 25.1. The van der Waals surface area contributed by atoms with E-state index in [9.17, 15) is 9.59 Å². The van der Waals surface area contributed by atoms with Gasteiger partial charge in [-0.2, -0.15) is 0 Å². The Kier molecular flexibility index (Phi) is 7.10. The van der Waals surface area contributed by atoms with Gasteiger partial charge in [0.2, 0.25) is 0 Å². The monoisotopic (exact) mass is 500 g/mol. The molecule has 0 bridgehead atoms. The van der Waals surface area contributed by atoms with E-state index >= 15 is 0 Å². The molecular weight excluding hydrogens is 472 g/mol. The van der Waals surface area contributed by atoms with Gasteiger partial charge in [0.1, 0.15) is 0 Å². The summed E-state index contributed by atoms with van der Waals surface area (Å²) >= 11 is 6.03. The first-order valence-electron chi connectivity index (χ1n) is 12.4. The van der Waals surface area contributed by atoms with Gasteiger partial charge in [-0.25, -0.2) is 0 Å². The molecule has 3 aromatic carbocycles. The van der Waals surface area contributed by atoms with Crippen LogP contribution in [0.2, 0.25) is 5.02 Å². The van der Waals surface area contributed by atoms with Crippen molar-refractivity contribution in [2.24, 2.45) is 5.92 Å². The molecule has 2 aliphatic rings. The summed E-state index contributed by atoms with van der Waals surface area (Å²) in [5.41, 5.74) is 3.08. The van der Waals surface area contributed by atoms with Crippen LogP contribution in [0.4, 0.5) is 5.69 Å². The number of benzene rings is 3. The number of carbonyl (C=O) groups excluding carboxylic acids is 2. The van der Waals surface area contributed by atoms with Crippen LogP contribution in [0.5, 0.6) is 5.75 Å². The Labute approximate surface area is 216 Å². The van der Waals surface area contributed by atoms with Crippen molar-refractivity contribution >= 4 is 35.2 Å². The van der Waals surface area contributed by atoms with Crippen LogP contribution in [0.25, 0.3) is 6.08 Å². The van der Waals surface area contributed by atoms with Crippen molar-refractivity contribution in [3.63, 3.8) is 0 Å². The quantitative estimate of drug-likeness (QED) is 0.401. The van der Waals surface area contributed by atoms with Crippen molar-refractivity contribution in [1.82, 2.24) is 5.32 Å². The largest absolute Gasteiger partial charge is 0.449 e. The van der Waals surface area contributed by atoms with Gasteiger partial charge in [-0.3, -0.25) is 14.5 Å². The first-order chi connectivity index (χ1) is 17.5. The summed E-state index contributed by atoms with van der Waals surface area (Å²) < 4.78 is 5.99. The minimum atomic E-state index is -0.225. The predicted octanol–water partition coefficient (Wildman–Crippen LogP) is 6.62. The second-order valence-electron chi connectivity index (χ2n) is 9.56. The number of nitrogens with zero attached hydrogens (tertiary/aromatic N) is 1. The van der Waals surface area contributed by atoms with E-state index < -0.39 is 0 Å². The topological polar surface area (TPSA) is 58.6 Å². The van der Waals surface area contributed by atoms with Crippen molar-refractivity contribution in [3.05, 3.63) is 100 Å². The minimum Gasteiger partial charge on any atom is -0.449 e. The molecule has 1 heterocycles. The number of hydrogen-bond donors (Lipinski definition) is 1. The highest BCUT2D eigenvalue weighted by Gasteiger charge is 2.30. The minimum absolute atomic E-state index is 0.0546. The van der Waals surface area contributed by atoms with E-state index in [1.165, 1.54) is 6.42 Å². The third kappa shape index (κ3) is 5.31. The summed E-state index contributed by atoms with van der Waals surface area (Å²) in [7, 11) is 0. The maximum absolute atomic E-state index is 13.4. The van der Waals surface area contributed by atoms with Gasteiger partial charge in [-0.15, -0.1) is 0 Å². The second-order valence-corrected chi connectivity index (χ2v) is 10.00. The van der Waals surface area contributed by atoms with Crippen molar-refractivity contribution < 1.29 is 14.3 Å². The lowest BCUT2D eigenvalue weighted by atomic mass is 9.86. The molecule has 0 spiro atoms. The molecule has 0 unspecified atom stereocenters. The average Bonchev–Trinajstić information content (AvgIpc) is 2.89. The predicted molar refractivity (Wildman–Crippen MR) is 143 cm³/mol. The fourth-order valence-electron chi connectivity index (χ4n) is 4.86. The van der Waals surface area contributed by atoms with Crippen molar-refractivity contribution in [2.45, 2.75) is 45.2 Å². The van der Waals surface area contributed by atoms with Crippen molar-refractivity contribution in [2.75, 3.05) is 4.90 Å². The SMILES string of the molecule is C[C@@H]1CCCC[C@H]1NC(=O)c1ccc(/C=C2\Oc3ccccc3N(Cc3ccc(Cl)cc3)C2=O)cc1. The number of hydrogen-bond acceptors (Lipinski definition) is 3. The number of nitrogens with one attached hydrogen (secondary N) is 1. The number of halogens is 1. The summed E-state index contributed by atoms with van der Waals surface area (Å²) in [5.74, 6) is 1.07.